The van der Waals surface area contributed by atoms with Crippen LogP contribution in [-0.2, 0) is 4.79 Å². The Morgan fingerprint density at radius 2 is 2.09 bits per heavy atom. The van der Waals surface area contributed by atoms with Gasteiger partial charge in [0.15, 0.2) is 5.78 Å². The number of rotatable bonds is 3. The van der Waals surface area contributed by atoms with E-state index in [1.165, 1.54) is 25.7 Å². The van der Waals surface area contributed by atoms with Gasteiger partial charge >= 0.3 is 0 Å². The van der Waals surface area contributed by atoms with Gasteiger partial charge in [-0.1, -0.05) is 31.8 Å². The van der Waals surface area contributed by atoms with E-state index in [1.807, 2.05) is 13.0 Å². The molecule has 1 rings (SSSR count). The maximum atomic E-state index is 11.1. The third-order valence-corrected chi connectivity index (χ3v) is 2.32. The lowest BCUT2D eigenvalue weighted by atomic mass is 10.0. The summed E-state index contributed by atoms with van der Waals surface area (Å²) in [6, 6.07) is 0. The lowest BCUT2D eigenvalue weighted by molar-refractivity contribution is -0.115. The molecule has 0 amide bonds. The summed E-state index contributed by atoms with van der Waals surface area (Å²) in [5, 5.41) is 0. The van der Waals surface area contributed by atoms with Gasteiger partial charge in [0.2, 0.25) is 0 Å². The molecular formula is C10H16O. The summed E-state index contributed by atoms with van der Waals surface area (Å²) in [5.41, 5.74) is 0. The molecule has 0 unspecified atom stereocenters. The number of carbonyl (C=O) groups is 1. The number of hydrogen-bond acceptors (Lipinski definition) is 1. The largest absolute Gasteiger partial charge is 0.295 e. The topological polar surface area (TPSA) is 17.1 Å². The van der Waals surface area contributed by atoms with Crippen LogP contribution >= 0.6 is 0 Å². The van der Waals surface area contributed by atoms with Crippen molar-refractivity contribution < 1.29 is 4.79 Å². The Kier molecular flexibility index (Phi) is 3.34. The summed E-state index contributed by atoms with van der Waals surface area (Å²) in [4.78, 5) is 11.1. The maximum absolute atomic E-state index is 11.1. The first-order chi connectivity index (χ1) is 5.33. The fourth-order valence-corrected chi connectivity index (χ4v) is 1.75. The predicted molar refractivity (Wildman–Crippen MR) is 46.4 cm³/mol. The Balaban J connectivity index is 2.23. The first-order valence-electron chi connectivity index (χ1n) is 4.48. The fraction of sp³-hybridized carbons (Fsp3) is 0.700. The lowest BCUT2D eigenvalue weighted by Crippen LogP contribution is -2.01. The fourth-order valence-electron chi connectivity index (χ4n) is 1.75. The van der Waals surface area contributed by atoms with Crippen molar-refractivity contribution in [1.29, 1.82) is 0 Å². The molecule has 1 heteroatoms. The Labute approximate surface area is 68.5 Å². The molecule has 0 atom stereocenters. The van der Waals surface area contributed by atoms with Crippen molar-refractivity contribution in [3.8, 4) is 0 Å². The molecule has 0 saturated heterocycles. The van der Waals surface area contributed by atoms with Crippen molar-refractivity contribution in [1.82, 2.24) is 0 Å². The molecule has 0 spiro atoms. The number of carbonyl (C=O) groups excluding carboxylic acids is 1. The Morgan fingerprint density at radius 3 is 2.64 bits per heavy atom. The highest BCUT2D eigenvalue weighted by atomic mass is 16.1. The second-order valence-electron chi connectivity index (χ2n) is 3.32. The van der Waals surface area contributed by atoms with Gasteiger partial charge in [0.1, 0.15) is 0 Å². The first-order valence-corrected chi connectivity index (χ1v) is 4.48. The zero-order valence-corrected chi connectivity index (χ0v) is 7.18. The van der Waals surface area contributed by atoms with E-state index in [4.69, 9.17) is 0 Å². The quantitative estimate of drug-likeness (QED) is 0.568. The van der Waals surface area contributed by atoms with Gasteiger partial charge in [-0.25, -0.2) is 0 Å². The lowest BCUT2D eigenvalue weighted by Gasteiger charge is -2.03. The van der Waals surface area contributed by atoms with Crippen LogP contribution in [0.3, 0.4) is 0 Å². The number of allylic oxidation sites excluding steroid dienone is 2. The Bertz CT molecular complexity index is 152. The molecule has 1 fully saturated rings. The summed E-state index contributed by atoms with van der Waals surface area (Å²) >= 11 is 0. The summed E-state index contributed by atoms with van der Waals surface area (Å²) in [7, 11) is 0. The average molecular weight is 152 g/mol. The van der Waals surface area contributed by atoms with Crippen molar-refractivity contribution >= 4 is 5.78 Å². The molecule has 0 aromatic heterocycles. The molecule has 0 radical (unpaired) electrons. The Morgan fingerprint density at radius 1 is 1.45 bits per heavy atom. The second-order valence-corrected chi connectivity index (χ2v) is 3.32. The first kappa shape index (κ1) is 8.51. The zero-order chi connectivity index (χ0) is 8.10. The molecule has 1 aliphatic rings. The van der Waals surface area contributed by atoms with E-state index in [-0.39, 0.29) is 0 Å². The van der Waals surface area contributed by atoms with Gasteiger partial charge in [-0.2, -0.15) is 0 Å². The van der Waals surface area contributed by atoms with Gasteiger partial charge in [-0.15, -0.1) is 0 Å². The monoisotopic (exact) mass is 152 g/mol. The highest BCUT2D eigenvalue weighted by molar-refractivity contribution is 5.89. The van der Waals surface area contributed by atoms with E-state index in [9.17, 15) is 4.79 Å². The normalized spacial score (nSPS) is 19.7. The van der Waals surface area contributed by atoms with Gasteiger partial charge in [0.05, 0.1) is 0 Å². The molecule has 1 aliphatic carbocycles. The van der Waals surface area contributed by atoms with Crippen LogP contribution in [0.4, 0.5) is 0 Å². The number of ketones is 1. The zero-order valence-electron chi connectivity index (χ0n) is 7.18. The van der Waals surface area contributed by atoms with E-state index in [2.05, 4.69) is 0 Å². The number of hydrogen-bond donors (Lipinski definition) is 0. The standard InChI is InChI=1S/C10H16O/c1-2-5-10(11)8-9-6-3-4-7-9/h2,5,9H,3-4,6-8H2,1H3. The molecule has 1 nitrogen and oxygen atoms in total. The molecule has 11 heavy (non-hydrogen) atoms. The van der Waals surface area contributed by atoms with Crippen LogP contribution in [0.25, 0.3) is 0 Å². The molecule has 62 valence electrons. The smallest absolute Gasteiger partial charge is 0.155 e. The van der Waals surface area contributed by atoms with Crippen LogP contribution in [0.2, 0.25) is 0 Å². The minimum Gasteiger partial charge on any atom is -0.295 e. The van der Waals surface area contributed by atoms with E-state index in [0.29, 0.717) is 11.7 Å². The predicted octanol–water partition coefficient (Wildman–Crippen LogP) is 2.71. The second kappa shape index (κ2) is 4.32. The molecule has 0 aliphatic heterocycles. The molecule has 0 heterocycles. The highest BCUT2D eigenvalue weighted by Crippen LogP contribution is 2.27. The van der Waals surface area contributed by atoms with Crippen LogP contribution in [0.15, 0.2) is 12.2 Å². The third-order valence-electron chi connectivity index (χ3n) is 2.32. The van der Waals surface area contributed by atoms with Crippen molar-refractivity contribution in [2.24, 2.45) is 5.92 Å². The van der Waals surface area contributed by atoms with Crippen molar-refractivity contribution in [3.05, 3.63) is 12.2 Å². The maximum Gasteiger partial charge on any atom is 0.155 e. The van der Waals surface area contributed by atoms with E-state index in [0.717, 1.165) is 6.42 Å². The highest BCUT2D eigenvalue weighted by Gasteiger charge is 2.16. The SMILES string of the molecule is CC=CC(=O)CC1CCCC1. The van der Waals surface area contributed by atoms with Crippen molar-refractivity contribution in [3.63, 3.8) is 0 Å². The van der Waals surface area contributed by atoms with E-state index < -0.39 is 0 Å². The average Bonchev–Trinajstić information content (AvgIpc) is 2.40. The van der Waals surface area contributed by atoms with Crippen molar-refractivity contribution in [2.75, 3.05) is 0 Å². The van der Waals surface area contributed by atoms with Gasteiger partial charge < -0.3 is 0 Å². The van der Waals surface area contributed by atoms with Crippen LogP contribution in [0.5, 0.6) is 0 Å². The van der Waals surface area contributed by atoms with E-state index >= 15 is 0 Å². The van der Waals surface area contributed by atoms with Gasteiger partial charge in [-0.3, -0.25) is 4.79 Å². The molecule has 0 aromatic carbocycles. The summed E-state index contributed by atoms with van der Waals surface area (Å²) in [6.45, 7) is 1.90. The summed E-state index contributed by atoms with van der Waals surface area (Å²) < 4.78 is 0. The molecule has 1 saturated carbocycles. The minimum atomic E-state index is 0.305. The third kappa shape index (κ3) is 2.87. The van der Waals surface area contributed by atoms with Crippen LogP contribution in [0, 0.1) is 5.92 Å². The summed E-state index contributed by atoms with van der Waals surface area (Å²) in [5.74, 6) is 0.998. The van der Waals surface area contributed by atoms with Gasteiger partial charge in [0.25, 0.3) is 0 Å². The molecular weight excluding hydrogens is 136 g/mol. The van der Waals surface area contributed by atoms with Crippen LogP contribution < -0.4 is 0 Å². The molecule has 0 bridgehead atoms. The minimum absolute atomic E-state index is 0.305. The van der Waals surface area contributed by atoms with Gasteiger partial charge in [0, 0.05) is 6.42 Å². The van der Waals surface area contributed by atoms with E-state index in [1.54, 1.807) is 6.08 Å². The molecule has 0 N–H and O–H groups in total. The molecule has 0 aromatic rings. The van der Waals surface area contributed by atoms with Gasteiger partial charge in [-0.05, 0) is 18.9 Å². The Hall–Kier alpha value is -0.590. The van der Waals surface area contributed by atoms with Crippen molar-refractivity contribution in [2.45, 2.75) is 39.0 Å². The summed E-state index contributed by atoms with van der Waals surface area (Å²) in [6.07, 6.45) is 9.49. The van der Waals surface area contributed by atoms with Crippen LogP contribution in [-0.4, -0.2) is 5.78 Å². The van der Waals surface area contributed by atoms with Crippen LogP contribution in [0.1, 0.15) is 39.0 Å².